The van der Waals surface area contributed by atoms with Crippen LogP contribution in [0.25, 0.3) is 6.08 Å². The molecule has 174 valence electrons. The zero-order valence-corrected chi connectivity index (χ0v) is 19.7. The molecule has 0 aliphatic heterocycles. The smallest absolute Gasteiger partial charge is 0.272 e. The van der Waals surface area contributed by atoms with Crippen molar-refractivity contribution in [3.8, 4) is 5.75 Å². The number of ether oxygens (including phenoxy) is 1. The van der Waals surface area contributed by atoms with Crippen LogP contribution in [0.1, 0.15) is 21.5 Å². The van der Waals surface area contributed by atoms with Crippen LogP contribution in [-0.4, -0.2) is 23.8 Å². The second-order valence-electron chi connectivity index (χ2n) is 7.13. The van der Waals surface area contributed by atoms with Gasteiger partial charge in [0.2, 0.25) is 0 Å². The molecular weight excluding hydrogens is 509 g/mol. The van der Waals surface area contributed by atoms with Crippen molar-refractivity contribution in [3.63, 3.8) is 0 Å². The molecule has 0 aliphatic carbocycles. The zero-order valence-electron chi connectivity index (χ0n) is 18.1. The number of aryl methyl sites for hydroxylation is 1. The van der Waals surface area contributed by atoms with Gasteiger partial charge in [-0.05, 0) is 82.5 Å². The third kappa shape index (κ3) is 6.04. The van der Waals surface area contributed by atoms with Crippen LogP contribution in [0.5, 0.6) is 5.75 Å². The van der Waals surface area contributed by atoms with Crippen LogP contribution >= 0.6 is 15.9 Å². The summed E-state index contributed by atoms with van der Waals surface area (Å²) >= 11 is 3.31. The molecule has 0 radical (unpaired) electrons. The molecule has 0 fully saturated rings. The zero-order chi connectivity index (χ0) is 24.8. The van der Waals surface area contributed by atoms with Gasteiger partial charge >= 0.3 is 0 Å². The minimum Gasteiger partial charge on any atom is -0.496 e. The standard InChI is InChI=1S/C24H19BrFN3O5/c1-14-3-7-17(13-20(14)26)27-24(31)21(11-15-4-8-18(9-5-15)29(32)33)28-23(30)16-6-10-22(34-2)19(25)12-16/h3-13H,1-2H3,(H,27,31)(H,28,30)/b21-11-. The number of amides is 2. The molecule has 0 spiro atoms. The predicted molar refractivity (Wildman–Crippen MR) is 129 cm³/mol. The lowest BCUT2D eigenvalue weighted by Gasteiger charge is -2.12. The fraction of sp³-hybridized carbons (Fsp3) is 0.0833. The second kappa shape index (κ2) is 10.7. The molecule has 0 atom stereocenters. The molecule has 34 heavy (non-hydrogen) atoms. The Bertz CT molecular complexity index is 1290. The van der Waals surface area contributed by atoms with Crippen LogP contribution in [0.15, 0.2) is 70.8 Å². The average molecular weight is 528 g/mol. The van der Waals surface area contributed by atoms with Crippen molar-refractivity contribution in [1.82, 2.24) is 5.32 Å². The van der Waals surface area contributed by atoms with E-state index in [0.717, 1.165) is 0 Å². The minimum atomic E-state index is -0.706. The number of non-ortho nitro benzene ring substituents is 1. The van der Waals surface area contributed by atoms with Crippen molar-refractivity contribution in [2.24, 2.45) is 0 Å². The first-order chi connectivity index (χ1) is 16.2. The van der Waals surface area contributed by atoms with Gasteiger partial charge in [0.15, 0.2) is 0 Å². The molecule has 0 bridgehead atoms. The highest BCUT2D eigenvalue weighted by molar-refractivity contribution is 9.10. The van der Waals surface area contributed by atoms with E-state index < -0.39 is 22.6 Å². The minimum absolute atomic E-state index is 0.120. The summed E-state index contributed by atoms with van der Waals surface area (Å²) in [4.78, 5) is 36.2. The molecule has 0 saturated heterocycles. The van der Waals surface area contributed by atoms with Gasteiger partial charge < -0.3 is 15.4 Å². The van der Waals surface area contributed by atoms with Crippen molar-refractivity contribution in [2.75, 3.05) is 12.4 Å². The molecular formula is C24H19BrFN3O5. The number of methoxy groups -OCH3 is 1. The second-order valence-corrected chi connectivity index (χ2v) is 7.98. The van der Waals surface area contributed by atoms with E-state index in [1.807, 2.05) is 0 Å². The Hall–Kier alpha value is -4.05. The van der Waals surface area contributed by atoms with Crippen LogP contribution < -0.4 is 15.4 Å². The van der Waals surface area contributed by atoms with E-state index in [2.05, 4.69) is 26.6 Å². The first-order valence-electron chi connectivity index (χ1n) is 9.86. The first-order valence-corrected chi connectivity index (χ1v) is 10.7. The van der Waals surface area contributed by atoms with Crippen LogP contribution in [0.3, 0.4) is 0 Å². The van der Waals surface area contributed by atoms with E-state index in [4.69, 9.17) is 4.74 Å². The predicted octanol–water partition coefficient (Wildman–Crippen LogP) is 5.22. The van der Waals surface area contributed by atoms with Crippen molar-refractivity contribution >= 4 is 45.2 Å². The van der Waals surface area contributed by atoms with E-state index >= 15 is 0 Å². The topological polar surface area (TPSA) is 111 Å². The SMILES string of the molecule is COc1ccc(C(=O)N/C(=C\c2ccc([N+](=O)[O-])cc2)C(=O)Nc2ccc(C)c(F)c2)cc1Br. The summed E-state index contributed by atoms with van der Waals surface area (Å²) in [5.41, 5.74) is 1.03. The lowest BCUT2D eigenvalue weighted by Crippen LogP contribution is -2.30. The number of nitro benzene ring substituents is 1. The number of hydrogen-bond donors (Lipinski definition) is 2. The summed E-state index contributed by atoms with van der Waals surface area (Å²) in [6.07, 6.45) is 1.36. The largest absolute Gasteiger partial charge is 0.496 e. The summed E-state index contributed by atoms with van der Waals surface area (Å²) in [7, 11) is 1.49. The molecule has 0 aromatic heterocycles. The lowest BCUT2D eigenvalue weighted by atomic mass is 10.1. The van der Waals surface area contributed by atoms with Crippen LogP contribution in [0.2, 0.25) is 0 Å². The Kier molecular flexibility index (Phi) is 7.75. The van der Waals surface area contributed by atoms with E-state index in [9.17, 15) is 24.1 Å². The van der Waals surface area contributed by atoms with E-state index in [0.29, 0.717) is 21.3 Å². The van der Waals surface area contributed by atoms with Crippen LogP contribution in [0, 0.1) is 22.9 Å². The highest BCUT2D eigenvalue weighted by Crippen LogP contribution is 2.25. The Labute approximate surface area is 202 Å². The number of nitro groups is 1. The maximum absolute atomic E-state index is 13.9. The number of halogens is 2. The van der Waals surface area contributed by atoms with Crippen molar-refractivity contribution < 1.29 is 23.6 Å². The summed E-state index contributed by atoms with van der Waals surface area (Å²) < 4.78 is 19.6. The van der Waals surface area contributed by atoms with E-state index in [-0.39, 0.29) is 22.6 Å². The Morgan fingerprint density at radius 3 is 2.38 bits per heavy atom. The molecule has 8 nitrogen and oxygen atoms in total. The number of carbonyl (C=O) groups is 2. The molecule has 2 amide bonds. The monoisotopic (exact) mass is 527 g/mol. The third-order valence-electron chi connectivity index (χ3n) is 4.75. The molecule has 0 heterocycles. The maximum atomic E-state index is 13.9. The number of benzene rings is 3. The number of nitrogens with zero attached hydrogens (tertiary/aromatic N) is 1. The summed E-state index contributed by atoms with van der Waals surface area (Å²) in [6, 6.07) is 14.3. The van der Waals surface area contributed by atoms with Gasteiger partial charge in [-0.1, -0.05) is 6.07 Å². The summed E-state index contributed by atoms with van der Waals surface area (Å²) in [6.45, 7) is 1.59. The van der Waals surface area contributed by atoms with Crippen molar-refractivity contribution in [3.05, 3.63) is 103 Å². The highest BCUT2D eigenvalue weighted by atomic mass is 79.9. The molecule has 3 rings (SSSR count). The van der Waals surface area contributed by atoms with Gasteiger partial charge in [0, 0.05) is 23.4 Å². The number of carbonyl (C=O) groups excluding carboxylic acids is 2. The quantitative estimate of drug-likeness (QED) is 0.248. The molecule has 3 aromatic rings. The van der Waals surface area contributed by atoms with E-state index in [1.165, 1.54) is 67.8 Å². The maximum Gasteiger partial charge on any atom is 0.272 e. The van der Waals surface area contributed by atoms with Gasteiger partial charge in [-0.3, -0.25) is 19.7 Å². The van der Waals surface area contributed by atoms with Crippen molar-refractivity contribution in [2.45, 2.75) is 6.92 Å². The molecule has 10 heteroatoms. The van der Waals surface area contributed by atoms with Crippen molar-refractivity contribution in [1.29, 1.82) is 0 Å². The summed E-state index contributed by atoms with van der Waals surface area (Å²) in [5.74, 6) is -1.26. The Morgan fingerprint density at radius 2 is 1.79 bits per heavy atom. The fourth-order valence-electron chi connectivity index (χ4n) is 2.89. The number of hydrogen-bond acceptors (Lipinski definition) is 5. The van der Waals surface area contributed by atoms with Crippen LogP contribution in [0.4, 0.5) is 15.8 Å². The third-order valence-corrected chi connectivity index (χ3v) is 5.37. The normalized spacial score (nSPS) is 11.0. The number of anilines is 1. The van der Waals surface area contributed by atoms with E-state index in [1.54, 1.807) is 13.0 Å². The molecule has 0 aliphatic rings. The Balaban J connectivity index is 1.92. The van der Waals surface area contributed by atoms with Gasteiger partial charge in [0.1, 0.15) is 17.3 Å². The molecule has 0 unspecified atom stereocenters. The highest BCUT2D eigenvalue weighted by Gasteiger charge is 2.17. The van der Waals surface area contributed by atoms with Gasteiger partial charge in [-0.2, -0.15) is 0 Å². The number of rotatable bonds is 7. The summed E-state index contributed by atoms with van der Waals surface area (Å²) in [5, 5.41) is 16.0. The van der Waals surface area contributed by atoms with Gasteiger partial charge in [-0.15, -0.1) is 0 Å². The molecule has 0 saturated carbocycles. The van der Waals surface area contributed by atoms with Gasteiger partial charge in [0.25, 0.3) is 17.5 Å². The Morgan fingerprint density at radius 1 is 1.09 bits per heavy atom. The van der Waals surface area contributed by atoms with Gasteiger partial charge in [-0.25, -0.2) is 4.39 Å². The van der Waals surface area contributed by atoms with Gasteiger partial charge in [0.05, 0.1) is 16.5 Å². The first kappa shape index (κ1) is 24.6. The average Bonchev–Trinajstić information content (AvgIpc) is 2.81. The molecule has 3 aromatic carbocycles. The molecule has 2 N–H and O–H groups in total. The fourth-order valence-corrected chi connectivity index (χ4v) is 3.43. The lowest BCUT2D eigenvalue weighted by molar-refractivity contribution is -0.384. The van der Waals surface area contributed by atoms with Crippen LogP contribution in [-0.2, 0) is 4.79 Å². The number of nitrogens with one attached hydrogen (secondary N) is 2.